The van der Waals surface area contributed by atoms with Gasteiger partial charge < -0.3 is 9.64 Å². The first-order valence-corrected chi connectivity index (χ1v) is 6.40. The average Bonchev–Trinajstić information content (AvgIpc) is 2.78. The van der Waals surface area contributed by atoms with Crippen molar-refractivity contribution >= 4 is 17.4 Å². The van der Waals surface area contributed by atoms with E-state index in [0.717, 1.165) is 0 Å². The third kappa shape index (κ3) is 2.94. The summed E-state index contributed by atoms with van der Waals surface area (Å²) in [6.07, 6.45) is 4.83. The molecule has 0 N–H and O–H groups in total. The van der Waals surface area contributed by atoms with E-state index in [1.54, 1.807) is 40.8 Å². The van der Waals surface area contributed by atoms with Crippen molar-refractivity contribution in [3.63, 3.8) is 0 Å². The van der Waals surface area contributed by atoms with Crippen LogP contribution in [0.5, 0.6) is 0 Å². The van der Waals surface area contributed by atoms with Crippen molar-refractivity contribution in [3.8, 4) is 0 Å². The lowest BCUT2D eigenvalue weighted by molar-refractivity contribution is 0.0600. The molecule has 0 saturated heterocycles. The summed E-state index contributed by atoms with van der Waals surface area (Å²) in [7, 11) is 5.01. The number of esters is 1. The minimum Gasteiger partial charge on any atom is -0.465 e. The summed E-state index contributed by atoms with van der Waals surface area (Å²) in [5.74, 6) is -0.571. The summed E-state index contributed by atoms with van der Waals surface area (Å²) in [6.45, 7) is 1.77. The maximum absolute atomic E-state index is 12.3. The molecule has 2 aromatic rings. The minimum absolute atomic E-state index is 0.139. The molecule has 0 amide bonds. The highest BCUT2D eigenvalue weighted by molar-refractivity contribution is 6.04. The van der Waals surface area contributed by atoms with Crippen LogP contribution >= 0.6 is 0 Å². The highest BCUT2D eigenvalue weighted by atomic mass is 16.5. The lowest BCUT2D eigenvalue weighted by Crippen LogP contribution is -2.07. The quantitative estimate of drug-likeness (QED) is 0.486. The smallest absolute Gasteiger partial charge is 0.338 e. The van der Waals surface area contributed by atoms with Crippen molar-refractivity contribution in [1.29, 1.82) is 0 Å². The number of nitrogens with zero attached hydrogens (tertiary/aromatic N) is 3. The molecule has 0 fully saturated rings. The highest BCUT2D eigenvalue weighted by Gasteiger charge is 2.16. The van der Waals surface area contributed by atoms with Crippen LogP contribution in [0, 0.1) is 6.92 Å². The Balaban J connectivity index is 2.49. The first-order valence-electron chi connectivity index (χ1n) is 6.40. The predicted octanol–water partition coefficient (Wildman–Crippen LogP) is 1.69. The number of carbonyl (C=O) groups excluding carboxylic acids is 2. The number of hydrogen-bond acceptors (Lipinski definition) is 5. The predicted molar refractivity (Wildman–Crippen MR) is 78.4 cm³/mol. The number of carbonyl (C=O) groups is 2. The van der Waals surface area contributed by atoms with Crippen LogP contribution in [0.15, 0.2) is 30.6 Å². The van der Waals surface area contributed by atoms with Gasteiger partial charge in [0.2, 0.25) is 5.78 Å². The number of rotatable bonds is 4. The van der Waals surface area contributed by atoms with E-state index < -0.39 is 5.97 Å². The third-order valence-electron chi connectivity index (χ3n) is 2.98. The first-order chi connectivity index (χ1) is 9.93. The molecular weight excluding hydrogens is 270 g/mol. The maximum atomic E-state index is 12.3. The standard InChI is InChI=1S/C15H17N3O3/c1-10-14(12(19)6-7-17(2)3)18-8-5-11(15(20)21-4)9-13(18)16-10/h5-9H,1-4H3. The van der Waals surface area contributed by atoms with Gasteiger partial charge in [-0.25, -0.2) is 9.78 Å². The van der Waals surface area contributed by atoms with Crippen LogP contribution in [0.2, 0.25) is 0 Å². The Morgan fingerprint density at radius 3 is 2.71 bits per heavy atom. The first kappa shape index (κ1) is 14.8. The van der Waals surface area contributed by atoms with Crippen molar-refractivity contribution in [1.82, 2.24) is 14.3 Å². The zero-order valence-electron chi connectivity index (χ0n) is 12.5. The van der Waals surface area contributed by atoms with Crippen molar-refractivity contribution in [3.05, 3.63) is 47.6 Å². The Kier molecular flexibility index (Phi) is 4.07. The van der Waals surface area contributed by atoms with Gasteiger partial charge in [0.05, 0.1) is 18.4 Å². The molecular formula is C15H17N3O3. The van der Waals surface area contributed by atoms with Gasteiger partial charge in [0.1, 0.15) is 11.3 Å². The van der Waals surface area contributed by atoms with Gasteiger partial charge in [0.15, 0.2) is 0 Å². The van der Waals surface area contributed by atoms with E-state index >= 15 is 0 Å². The lowest BCUT2D eigenvalue weighted by atomic mass is 10.2. The number of ether oxygens (including phenoxy) is 1. The summed E-state index contributed by atoms with van der Waals surface area (Å²) in [5, 5.41) is 0. The number of pyridine rings is 1. The minimum atomic E-state index is -0.432. The van der Waals surface area contributed by atoms with Gasteiger partial charge in [-0.3, -0.25) is 9.20 Å². The molecule has 0 unspecified atom stereocenters. The van der Waals surface area contributed by atoms with Crippen molar-refractivity contribution in [2.75, 3.05) is 21.2 Å². The van der Waals surface area contributed by atoms with Gasteiger partial charge in [-0.2, -0.15) is 0 Å². The van der Waals surface area contributed by atoms with E-state index in [0.29, 0.717) is 22.6 Å². The van der Waals surface area contributed by atoms with E-state index in [1.165, 1.54) is 13.2 Å². The molecule has 21 heavy (non-hydrogen) atoms. The van der Waals surface area contributed by atoms with Gasteiger partial charge in [0, 0.05) is 32.6 Å². The van der Waals surface area contributed by atoms with E-state index in [-0.39, 0.29) is 5.78 Å². The van der Waals surface area contributed by atoms with Crippen LogP contribution in [-0.4, -0.2) is 47.2 Å². The summed E-state index contributed by atoms with van der Waals surface area (Å²) < 4.78 is 6.35. The van der Waals surface area contributed by atoms with Crippen molar-refractivity contribution in [2.45, 2.75) is 6.92 Å². The van der Waals surface area contributed by atoms with E-state index in [9.17, 15) is 9.59 Å². The molecule has 0 radical (unpaired) electrons. The summed E-state index contributed by atoms with van der Waals surface area (Å²) >= 11 is 0. The number of methoxy groups -OCH3 is 1. The van der Waals surface area contributed by atoms with Crippen LogP contribution in [0.1, 0.15) is 26.5 Å². The molecule has 6 nitrogen and oxygen atoms in total. The molecule has 6 heteroatoms. The van der Waals surface area contributed by atoms with Gasteiger partial charge in [0.25, 0.3) is 0 Å². The molecule has 2 rings (SSSR count). The Hall–Kier alpha value is -2.63. The SMILES string of the molecule is COC(=O)c1ccn2c(C(=O)C=CN(C)C)c(C)nc2c1. The van der Waals surface area contributed by atoms with Crippen molar-refractivity contribution in [2.24, 2.45) is 0 Å². The molecule has 0 aromatic carbocycles. The molecule has 0 bridgehead atoms. The number of ketones is 1. The van der Waals surface area contributed by atoms with E-state index in [4.69, 9.17) is 0 Å². The second kappa shape index (κ2) is 5.78. The topological polar surface area (TPSA) is 63.9 Å². The number of hydrogen-bond donors (Lipinski definition) is 0. The van der Waals surface area contributed by atoms with Gasteiger partial charge in [-0.15, -0.1) is 0 Å². The monoisotopic (exact) mass is 287 g/mol. The summed E-state index contributed by atoms with van der Waals surface area (Å²) in [5.41, 5.74) is 2.04. The molecule has 2 aromatic heterocycles. The van der Waals surface area contributed by atoms with Gasteiger partial charge in [-0.05, 0) is 19.1 Å². The van der Waals surface area contributed by atoms with Gasteiger partial charge >= 0.3 is 5.97 Å². The van der Waals surface area contributed by atoms with E-state index in [1.807, 2.05) is 14.1 Å². The normalized spacial score (nSPS) is 11.0. The largest absolute Gasteiger partial charge is 0.465 e. The van der Waals surface area contributed by atoms with Crippen molar-refractivity contribution < 1.29 is 14.3 Å². The second-order valence-corrected chi connectivity index (χ2v) is 4.82. The number of aromatic nitrogens is 2. The Morgan fingerprint density at radius 2 is 2.10 bits per heavy atom. The Bertz CT molecular complexity index is 729. The maximum Gasteiger partial charge on any atom is 0.338 e. The second-order valence-electron chi connectivity index (χ2n) is 4.82. The van der Waals surface area contributed by atoms with Crippen LogP contribution in [0.3, 0.4) is 0 Å². The number of allylic oxidation sites excluding steroid dienone is 1. The lowest BCUT2D eigenvalue weighted by Gasteiger charge is -2.04. The molecule has 0 aliphatic carbocycles. The summed E-state index contributed by atoms with van der Waals surface area (Å²) in [4.78, 5) is 29.9. The van der Waals surface area contributed by atoms with Crippen LogP contribution in [0.25, 0.3) is 5.65 Å². The fourth-order valence-electron chi connectivity index (χ4n) is 2.00. The zero-order valence-corrected chi connectivity index (χ0v) is 12.5. The van der Waals surface area contributed by atoms with Crippen LogP contribution in [0.4, 0.5) is 0 Å². The average molecular weight is 287 g/mol. The summed E-state index contributed by atoms with van der Waals surface area (Å²) in [6, 6.07) is 3.21. The number of imidazole rings is 1. The highest BCUT2D eigenvalue weighted by Crippen LogP contribution is 2.15. The molecule has 0 spiro atoms. The van der Waals surface area contributed by atoms with Gasteiger partial charge in [-0.1, -0.05) is 0 Å². The molecule has 110 valence electrons. The van der Waals surface area contributed by atoms with Crippen LogP contribution in [-0.2, 0) is 4.74 Å². The number of aryl methyl sites for hydroxylation is 1. The third-order valence-corrected chi connectivity index (χ3v) is 2.98. The van der Waals surface area contributed by atoms with E-state index in [2.05, 4.69) is 9.72 Å². The molecule has 0 aliphatic rings. The zero-order chi connectivity index (χ0) is 15.6. The fraction of sp³-hybridized carbons (Fsp3) is 0.267. The molecule has 0 aliphatic heterocycles. The Labute approximate surface area is 122 Å². The molecule has 0 atom stereocenters. The molecule has 2 heterocycles. The Morgan fingerprint density at radius 1 is 1.38 bits per heavy atom. The van der Waals surface area contributed by atoms with Crippen LogP contribution < -0.4 is 0 Å². The molecule has 0 saturated carbocycles. The fourth-order valence-corrected chi connectivity index (χ4v) is 2.00. The number of fused-ring (bicyclic) bond motifs is 1.